The van der Waals surface area contributed by atoms with Crippen LogP contribution in [0, 0.1) is 5.82 Å². The van der Waals surface area contributed by atoms with Gasteiger partial charge in [-0.15, -0.1) is 0 Å². The summed E-state index contributed by atoms with van der Waals surface area (Å²) in [5.74, 6) is -1.31. The van der Waals surface area contributed by atoms with E-state index in [-0.39, 0.29) is 41.0 Å². The highest BCUT2D eigenvalue weighted by Gasteiger charge is 2.36. The molecule has 0 spiro atoms. The van der Waals surface area contributed by atoms with Crippen molar-refractivity contribution in [3.8, 4) is 22.8 Å². The van der Waals surface area contributed by atoms with E-state index in [0.29, 0.717) is 28.6 Å². The average molecular weight is 464 g/mol. The Bertz CT molecular complexity index is 1160. The number of phenols is 2. The van der Waals surface area contributed by atoms with Gasteiger partial charge in [-0.25, -0.2) is 4.39 Å². The molecule has 29 heavy (non-hydrogen) atoms. The SMILES string of the molecule is CN1CC[C@@H](c2c(O)cc(O)c3c(=O)cc(-c4cc(F)ccc4Br)oc23)[C@@H]1CO. The summed E-state index contributed by atoms with van der Waals surface area (Å²) in [6.45, 7) is 0.555. The number of likely N-dealkylation sites (N-methyl/N-ethyl adjacent to an activating group) is 1. The Balaban J connectivity index is 2.03. The topological polar surface area (TPSA) is 94.1 Å². The predicted octanol–water partition coefficient (Wildman–Crippen LogP) is 3.55. The second-order valence-corrected chi connectivity index (χ2v) is 8.11. The van der Waals surface area contributed by atoms with Crippen molar-refractivity contribution in [2.24, 2.45) is 0 Å². The summed E-state index contributed by atoms with van der Waals surface area (Å²) in [4.78, 5) is 14.8. The van der Waals surface area contributed by atoms with Crippen molar-refractivity contribution in [1.82, 2.24) is 4.90 Å². The first-order chi connectivity index (χ1) is 13.8. The number of hydrogen-bond donors (Lipinski definition) is 3. The summed E-state index contributed by atoms with van der Waals surface area (Å²) >= 11 is 3.33. The Morgan fingerprint density at radius 2 is 2.00 bits per heavy atom. The largest absolute Gasteiger partial charge is 0.507 e. The number of rotatable bonds is 3. The summed E-state index contributed by atoms with van der Waals surface area (Å²) < 4.78 is 20.3. The lowest BCUT2D eigenvalue weighted by Crippen LogP contribution is -2.32. The molecule has 1 saturated heterocycles. The lowest BCUT2D eigenvalue weighted by atomic mass is 9.89. The van der Waals surface area contributed by atoms with Crippen LogP contribution in [0.3, 0.4) is 0 Å². The zero-order valence-electron chi connectivity index (χ0n) is 15.5. The Hall–Kier alpha value is -2.42. The first-order valence-corrected chi connectivity index (χ1v) is 9.90. The van der Waals surface area contributed by atoms with Crippen molar-refractivity contribution in [2.75, 3.05) is 20.2 Å². The van der Waals surface area contributed by atoms with E-state index in [2.05, 4.69) is 15.9 Å². The van der Waals surface area contributed by atoms with E-state index in [9.17, 15) is 24.5 Å². The van der Waals surface area contributed by atoms with Crippen molar-refractivity contribution < 1.29 is 24.1 Å². The zero-order chi connectivity index (χ0) is 20.9. The molecule has 1 aliphatic heterocycles. The molecule has 1 aliphatic rings. The minimum Gasteiger partial charge on any atom is -0.507 e. The summed E-state index contributed by atoms with van der Waals surface area (Å²) in [5, 5.41) is 30.7. The van der Waals surface area contributed by atoms with E-state index in [4.69, 9.17) is 4.42 Å². The maximum Gasteiger partial charge on any atom is 0.197 e. The molecule has 3 aromatic rings. The molecule has 0 bridgehead atoms. The van der Waals surface area contributed by atoms with Crippen LogP contribution in [-0.4, -0.2) is 46.5 Å². The van der Waals surface area contributed by atoms with E-state index >= 15 is 0 Å². The van der Waals surface area contributed by atoms with Gasteiger partial charge in [-0.1, -0.05) is 15.9 Å². The number of hydrogen-bond acceptors (Lipinski definition) is 6. The first-order valence-electron chi connectivity index (χ1n) is 9.11. The standard InChI is InChI=1S/C21H19BrFNO5/c1-24-5-4-11(14(24)9-25)19-15(26)7-16(27)20-17(28)8-18(29-21(19)20)12-6-10(23)2-3-13(12)22/h2-3,6-8,11,14,25-27H,4-5,9H2,1H3/t11-,14+/m1/s1. The molecule has 2 aromatic carbocycles. The Kier molecular flexibility index (Phi) is 5.10. The number of fused-ring (bicyclic) bond motifs is 1. The third-order valence-corrected chi connectivity index (χ3v) is 6.26. The fraction of sp³-hybridized carbons (Fsp3) is 0.286. The lowest BCUT2D eigenvalue weighted by molar-refractivity contribution is 0.172. The van der Waals surface area contributed by atoms with Crippen LogP contribution in [0.4, 0.5) is 4.39 Å². The molecule has 2 atom stereocenters. The molecule has 3 N–H and O–H groups in total. The van der Waals surface area contributed by atoms with Crippen LogP contribution >= 0.6 is 15.9 Å². The second kappa shape index (κ2) is 7.44. The number of phenolic OH excluding ortho intramolecular Hbond substituents is 2. The fourth-order valence-corrected chi connectivity index (χ4v) is 4.55. The molecule has 4 rings (SSSR count). The highest BCUT2D eigenvalue weighted by Crippen LogP contribution is 2.44. The van der Waals surface area contributed by atoms with Gasteiger partial charge in [-0.2, -0.15) is 0 Å². The Labute approximate surface area is 173 Å². The molecule has 0 aliphatic carbocycles. The molecule has 2 heterocycles. The summed E-state index contributed by atoms with van der Waals surface area (Å²) in [6.07, 6.45) is 0.632. The molecule has 0 amide bonds. The van der Waals surface area contributed by atoms with E-state index < -0.39 is 17.0 Å². The molecule has 1 aromatic heterocycles. The molecule has 0 unspecified atom stereocenters. The number of aliphatic hydroxyl groups excluding tert-OH is 1. The van der Waals surface area contributed by atoms with Crippen LogP contribution in [0.2, 0.25) is 0 Å². The van der Waals surface area contributed by atoms with Gasteiger partial charge in [0.25, 0.3) is 0 Å². The van der Waals surface area contributed by atoms with Crippen LogP contribution in [0.5, 0.6) is 11.5 Å². The fourth-order valence-electron chi connectivity index (χ4n) is 4.11. The number of nitrogens with zero attached hydrogens (tertiary/aromatic N) is 1. The second-order valence-electron chi connectivity index (χ2n) is 7.26. The van der Waals surface area contributed by atoms with Gasteiger partial charge >= 0.3 is 0 Å². The van der Waals surface area contributed by atoms with Crippen molar-refractivity contribution in [1.29, 1.82) is 0 Å². The van der Waals surface area contributed by atoms with E-state index in [1.165, 1.54) is 24.3 Å². The minimum atomic E-state index is -0.511. The van der Waals surface area contributed by atoms with Gasteiger partial charge in [0.2, 0.25) is 0 Å². The Morgan fingerprint density at radius 1 is 1.24 bits per heavy atom. The van der Waals surface area contributed by atoms with Crippen LogP contribution < -0.4 is 5.43 Å². The Morgan fingerprint density at radius 3 is 2.72 bits per heavy atom. The highest BCUT2D eigenvalue weighted by molar-refractivity contribution is 9.10. The molecule has 0 saturated carbocycles. The number of likely N-dealkylation sites (tertiary alicyclic amines) is 1. The molecule has 0 radical (unpaired) electrons. The first kappa shape index (κ1) is 19.9. The van der Waals surface area contributed by atoms with Crippen molar-refractivity contribution in [3.05, 3.63) is 56.4 Å². The summed E-state index contributed by atoms with van der Waals surface area (Å²) in [6, 6.07) is 6.05. The highest BCUT2D eigenvalue weighted by atomic mass is 79.9. The van der Waals surface area contributed by atoms with Gasteiger partial charge in [0.1, 0.15) is 34.0 Å². The molecular formula is C21H19BrFNO5. The summed E-state index contributed by atoms with van der Waals surface area (Å²) in [5.41, 5.74) is 0.218. The van der Waals surface area contributed by atoms with Gasteiger partial charge in [-0.3, -0.25) is 4.79 Å². The zero-order valence-corrected chi connectivity index (χ0v) is 17.1. The third kappa shape index (κ3) is 3.31. The monoisotopic (exact) mass is 463 g/mol. The van der Waals surface area contributed by atoms with Crippen LogP contribution in [-0.2, 0) is 0 Å². The number of benzene rings is 2. The average Bonchev–Trinajstić information content (AvgIpc) is 3.03. The van der Waals surface area contributed by atoms with Gasteiger partial charge in [0.05, 0.1) is 6.61 Å². The molecule has 1 fully saturated rings. The van der Waals surface area contributed by atoms with Crippen molar-refractivity contribution >= 4 is 26.9 Å². The molecule has 152 valence electrons. The quantitative estimate of drug-likeness (QED) is 0.549. The maximum absolute atomic E-state index is 13.8. The van der Waals surface area contributed by atoms with E-state index in [1.807, 2.05) is 11.9 Å². The maximum atomic E-state index is 13.8. The predicted molar refractivity (Wildman–Crippen MR) is 110 cm³/mol. The number of aliphatic hydroxyl groups is 1. The molecule has 6 nitrogen and oxygen atoms in total. The number of aromatic hydroxyl groups is 2. The van der Waals surface area contributed by atoms with Gasteiger partial charge in [0, 0.05) is 39.7 Å². The normalized spacial score (nSPS) is 19.9. The lowest BCUT2D eigenvalue weighted by Gasteiger charge is -2.24. The van der Waals surface area contributed by atoms with Gasteiger partial charge in [-0.05, 0) is 38.2 Å². The van der Waals surface area contributed by atoms with Crippen LogP contribution in [0.15, 0.2) is 44.0 Å². The smallest absolute Gasteiger partial charge is 0.197 e. The molecule has 8 heteroatoms. The van der Waals surface area contributed by atoms with Crippen LogP contribution in [0.1, 0.15) is 17.9 Å². The minimum absolute atomic E-state index is 0.0416. The van der Waals surface area contributed by atoms with Crippen molar-refractivity contribution in [2.45, 2.75) is 18.4 Å². The van der Waals surface area contributed by atoms with Gasteiger partial charge in [0.15, 0.2) is 5.43 Å². The van der Waals surface area contributed by atoms with Gasteiger partial charge < -0.3 is 24.6 Å². The van der Waals surface area contributed by atoms with Crippen molar-refractivity contribution in [3.63, 3.8) is 0 Å². The summed E-state index contributed by atoms with van der Waals surface area (Å²) in [7, 11) is 1.87. The van der Waals surface area contributed by atoms with E-state index in [0.717, 1.165) is 6.07 Å². The third-order valence-electron chi connectivity index (χ3n) is 5.57. The van der Waals surface area contributed by atoms with Crippen LogP contribution in [0.25, 0.3) is 22.3 Å². The van der Waals surface area contributed by atoms with E-state index in [1.54, 1.807) is 0 Å². The molecular weight excluding hydrogens is 445 g/mol. The number of halogens is 2.